The third kappa shape index (κ3) is 9.17. The Labute approximate surface area is 79.5 Å². The molecular formula is C9H19NO3. The highest BCUT2D eigenvalue weighted by atomic mass is 17.1. The van der Waals surface area contributed by atoms with Crippen molar-refractivity contribution in [1.82, 2.24) is 5.32 Å². The molecule has 0 fully saturated rings. The van der Waals surface area contributed by atoms with Crippen molar-refractivity contribution in [3.05, 3.63) is 12.0 Å². The first kappa shape index (κ1) is 12.3. The fourth-order valence-corrected chi connectivity index (χ4v) is 0.533. The largest absolute Gasteiger partial charge is 0.498 e. The number of hydrogen-bond donors (Lipinski definition) is 2. The van der Waals surface area contributed by atoms with Gasteiger partial charge in [0.1, 0.15) is 12.9 Å². The van der Waals surface area contributed by atoms with E-state index < -0.39 is 5.60 Å². The molecule has 2 N–H and O–H groups in total. The summed E-state index contributed by atoms with van der Waals surface area (Å²) in [5.74, 6) is 0. The van der Waals surface area contributed by atoms with E-state index in [1.165, 1.54) is 0 Å². The Balaban J connectivity index is 0.000000226. The summed E-state index contributed by atoms with van der Waals surface area (Å²) >= 11 is 0. The molecule has 0 aromatic carbocycles. The van der Waals surface area contributed by atoms with Gasteiger partial charge in [-0.2, -0.15) is 0 Å². The fraction of sp³-hybridized carbons (Fsp3) is 0.778. The van der Waals surface area contributed by atoms with Crippen molar-refractivity contribution in [2.24, 2.45) is 0 Å². The molecular weight excluding hydrogens is 170 g/mol. The Morgan fingerprint density at radius 3 is 2.23 bits per heavy atom. The molecule has 1 aliphatic rings. The monoisotopic (exact) mass is 189 g/mol. The van der Waals surface area contributed by atoms with Gasteiger partial charge in [-0.25, -0.2) is 4.89 Å². The van der Waals surface area contributed by atoms with Crippen LogP contribution in [0, 0.1) is 0 Å². The van der Waals surface area contributed by atoms with Gasteiger partial charge in [0.15, 0.2) is 0 Å². The maximum atomic E-state index is 7.90. The van der Waals surface area contributed by atoms with Crippen LogP contribution < -0.4 is 5.32 Å². The molecule has 0 radical (unpaired) electrons. The Bertz CT molecular complexity index is 161. The van der Waals surface area contributed by atoms with Gasteiger partial charge in [0.2, 0.25) is 0 Å². The zero-order valence-electron chi connectivity index (χ0n) is 8.76. The van der Waals surface area contributed by atoms with E-state index in [1.54, 1.807) is 27.0 Å². The highest BCUT2D eigenvalue weighted by molar-refractivity contribution is 4.91. The minimum Gasteiger partial charge on any atom is -0.498 e. The standard InChI is InChI=1S/C5H9NO.C4H10O2/c1-5-4-7-3-2-6-5;1-4(2,3)6-5/h4,6H,2-3H2,1H3;5H,1-3H3. The molecule has 0 spiro atoms. The summed E-state index contributed by atoms with van der Waals surface area (Å²) in [5.41, 5.74) is 0.714. The molecule has 4 nitrogen and oxygen atoms in total. The number of hydrogen-bond acceptors (Lipinski definition) is 4. The van der Waals surface area contributed by atoms with Gasteiger partial charge in [-0.05, 0) is 27.7 Å². The van der Waals surface area contributed by atoms with Crippen LogP contribution in [0.4, 0.5) is 0 Å². The summed E-state index contributed by atoms with van der Waals surface area (Å²) in [7, 11) is 0. The van der Waals surface area contributed by atoms with E-state index >= 15 is 0 Å². The summed E-state index contributed by atoms with van der Waals surface area (Å²) in [6.07, 6.45) is 1.74. The first-order valence-corrected chi connectivity index (χ1v) is 4.30. The minimum absolute atomic E-state index is 0.403. The molecule has 0 aromatic heterocycles. The lowest BCUT2D eigenvalue weighted by Crippen LogP contribution is -2.21. The molecule has 1 rings (SSSR count). The minimum atomic E-state index is -0.403. The van der Waals surface area contributed by atoms with Crippen LogP contribution in [-0.4, -0.2) is 24.0 Å². The molecule has 0 atom stereocenters. The second-order valence-electron chi connectivity index (χ2n) is 3.80. The van der Waals surface area contributed by atoms with E-state index in [9.17, 15) is 0 Å². The second kappa shape index (κ2) is 5.83. The van der Waals surface area contributed by atoms with E-state index in [2.05, 4.69) is 10.2 Å². The topological polar surface area (TPSA) is 50.7 Å². The average molecular weight is 189 g/mol. The van der Waals surface area contributed by atoms with Crippen LogP contribution in [0.25, 0.3) is 0 Å². The van der Waals surface area contributed by atoms with E-state index in [1.807, 2.05) is 6.92 Å². The predicted octanol–water partition coefficient (Wildman–Crippen LogP) is 1.74. The highest BCUT2D eigenvalue weighted by Crippen LogP contribution is 2.01. The molecule has 0 saturated carbocycles. The van der Waals surface area contributed by atoms with Gasteiger partial charge >= 0.3 is 0 Å². The van der Waals surface area contributed by atoms with Crippen LogP contribution >= 0.6 is 0 Å². The number of allylic oxidation sites excluding steroid dienone is 1. The Kier molecular flexibility index (Phi) is 5.50. The maximum Gasteiger partial charge on any atom is 0.105 e. The smallest absolute Gasteiger partial charge is 0.105 e. The van der Waals surface area contributed by atoms with Crippen molar-refractivity contribution in [1.29, 1.82) is 0 Å². The summed E-state index contributed by atoms with van der Waals surface area (Å²) in [6.45, 7) is 9.05. The van der Waals surface area contributed by atoms with Gasteiger partial charge in [-0.15, -0.1) is 0 Å². The Hall–Kier alpha value is -0.740. The fourth-order valence-electron chi connectivity index (χ4n) is 0.533. The molecule has 13 heavy (non-hydrogen) atoms. The van der Waals surface area contributed by atoms with Gasteiger partial charge in [-0.1, -0.05) is 0 Å². The van der Waals surface area contributed by atoms with Gasteiger partial charge in [0.25, 0.3) is 0 Å². The first-order chi connectivity index (χ1) is 5.95. The summed E-state index contributed by atoms with van der Waals surface area (Å²) in [4.78, 5) is 3.94. The van der Waals surface area contributed by atoms with Crippen LogP contribution in [0.3, 0.4) is 0 Å². The molecule has 0 aromatic rings. The molecule has 0 saturated heterocycles. The van der Waals surface area contributed by atoms with Crippen LogP contribution in [-0.2, 0) is 9.62 Å². The molecule has 4 heteroatoms. The Morgan fingerprint density at radius 2 is 2.08 bits per heavy atom. The molecule has 0 bridgehead atoms. The molecule has 0 unspecified atom stereocenters. The van der Waals surface area contributed by atoms with Crippen molar-refractivity contribution in [2.75, 3.05) is 13.2 Å². The second-order valence-corrected chi connectivity index (χ2v) is 3.80. The van der Waals surface area contributed by atoms with Crippen molar-refractivity contribution in [2.45, 2.75) is 33.3 Å². The lowest BCUT2D eigenvalue weighted by Gasteiger charge is -2.11. The van der Waals surface area contributed by atoms with E-state index in [0.717, 1.165) is 18.8 Å². The average Bonchev–Trinajstić information content (AvgIpc) is 2.06. The van der Waals surface area contributed by atoms with Crippen molar-refractivity contribution < 1.29 is 14.9 Å². The van der Waals surface area contributed by atoms with Gasteiger partial charge in [-0.3, -0.25) is 5.26 Å². The van der Waals surface area contributed by atoms with E-state index in [-0.39, 0.29) is 0 Å². The summed E-state index contributed by atoms with van der Waals surface area (Å²) in [6, 6.07) is 0. The van der Waals surface area contributed by atoms with Crippen LogP contribution in [0.5, 0.6) is 0 Å². The van der Waals surface area contributed by atoms with Crippen molar-refractivity contribution in [3.8, 4) is 0 Å². The lowest BCUT2D eigenvalue weighted by molar-refractivity contribution is -0.306. The van der Waals surface area contributed by atoms with Crippen LogP contribution in [0.1, 0.15) is 27.7 Å². The molecule has 0 aliphatic carbocycles. The van der Waals surface area contributed by atoms with E-state index in [4.69, 9.17) is 9.99 Å². The lowest BCUT2D eigenvalue weighted by atomic mass is 10.2. The number of ether oxygens (including phenoxy) is 1. The molecule has 78 valence electrons. The molecule has 0 amide bonds. The normalized spacial score (nSPS) is 15.9. The van der Waals surface area contributed by atoms with Gasteiger partial charge in [0.05, 0.1) is 5.60 Å². The van der Waals surface area contributed by atoms with Crippen LogP contribution in [0.2, 0.25) is 0 Å². The third-order valence-corrected chi connectivity index (χ3v) is 1.16. The number of nitrogens with one attached hydrogen (secondary N) is 1. The number of rotatable bonds is 0. The third-order valence-electron chi connectivity index (χ3n) is 1.16. The zero-order valence-corrected chi connectivity index (χ0v) is 8.76. The zero-order chi connectivity index (χ0) is 10.3. The first-order valence-electron chi connectivity index (χ1n) is 4.30. The van der Waals surface area contributed by atoms with Crippen molar-refractivity contribution >= 4 is 0 Å². The maximum absolute atomic E-state index is 7.90. The SMILES string of the molecule is CC(C)(C)OO.CC1=COCCN1. The quantitative estimate of drug-likeness (QED) is 0.450. The van der Waals surface area contributed by atoms with Gasteiger partial charge in [0, 0.05) is 12.2 Å². The summed E-state index contributed by atoms with van der Waals surface area (Å²) < 4.78 is 4.96. The Morgan fingerprint density at radius 1 is 1.54 bits per heavy atom. The van der Waals surface area contributed by atoms with Gasteiger partial charge < -0.3 is 10.1 Å². The molecule has 1 heterocycles. The predicted molar refractivity (Wildman–Crippen MR) is 51.2 cm³/mol. The molecule has 1 aliphatic heterocycles. The summed E-state index contributed by atoms with van der Waals surface area (Å²) in [5, 5.41) is 11.0. The van der Waals surface area contributed by atoms with Crippen LogP contribution in [0.15, 0.2) is 12.0 Å². The van der Waals surface area contributed by atoms with Crippen molar-refractivity contribution in [3.63, 3.8) is 0 Å². The van der Waals surface area contributed by atoms with E-state index in [0.29, 0.717) is 0 Å². The highest BCUT2D eigenvalue weighted by Gasteiger charge is 2.06.